The summed E-state index contributed by atoms with van der Waals surface area (Å²) in [5, 5.41) is 0. The van der Waals surface area contributed by atoms with E-state index in [1.165, 1.54) is 38.5 Å². The molecule has 0 aliphatic carbocycles. The summed E-state index contributed by atoms with van der Waals surface area (Å²) in [5.74, 6) is 0. The number of hydrogen-bond donors (Lipinski definition) is 0. The van der Waals surface area contributed by atoms with Crippen molar-refractivity contribution in [2.45, 2.75) is 78.6 Å². The van der Waals surface area contributed by atoms with Gasteiger partial charge in [0.2, 0.25) is 0 Å². The molecule has 19 heavy (non-hydrogen) atoms. The summed E-state index contributed by atoms with van der Waals surface area (Å²) in [6.07, 6.45) is 10.8. The van der Waals surface area contributed by atoms with E-state index in [0.717, 1.165) is 39.1 Å². The number of rotatable bonds is 15. The zero-order valence-electron chi connectivity index (χ0n) is 13.2. The fourth-order valence-electron chi connectivity index (χ4n) is 1.59. The second-order valence-electron chi connectivity index (χ2n) is 4.84. The summed E-state index contributed by atoms with van der Waals surface area (Å²) in [5.41, 5.74) is 0. The van der Waals surface area contributed by atoms with Crippen molar-refractivity contribution in [2.75, 3.05) is 19.8 Å². The predicted octanol–water partition coefficient (Wildman–Crippen LogP) is 4.59. The summed E-state index contributed by atoms with van der Waals surface area (Å²) in [6, 6.07) is 0. The summed E-state index contributed by atoms with van der Waals surface area (Å²) in [4.78, 5) is 0. The Morgan fingerprint density at radius 3 is 1.11 bits per heavy atom. The van der Waals surface area contributed by atoms with Gasteiger partial charge in [0.05, 0.1) is 0 Å². The van der Waals surface area contributed by atoms with Gasteiger partial charge < -0.3 is 0 Å². The Morgan fingerprint density at radius 2 is 0.842 bits per heavy atom. The molecule has 0 bridgehead atoms. The van der Waals surface area contributed by atoms with Crippen molar-refractivity contribution in [2.24, 2.45) is 0 Å². The van der Waals surface area contributed by atoms with Gasteiger partial charge in [0, 0.05) is 0 Å². The normalized spacial score (nSPS) is 11.4. The average Bonchev–Trinajstić information content (AvgIpc) is 2.43. The van der Waals surface area contributed by atoms with E-state index < -0.39 is 23.1 Å². The molecular weight excluding hydrogens is 437 g/mol. The molecular formula is C15H33BiO3. The molecule has 0 spiro atoms. The van der Waals surface area contributed by atoms with Crippen LogP contribution in [-0.4, -0.2) is 42.9 Å². The fourth-order valence-corrected chi connectivity index (χ4v) is 5.70. The van der Waals surface area contributed by atoms with Gasteiger partial charge in [-0.3, -0.25) is 0 Å². The molecule has 3 nitrogen and oxygen atoms in total. The zero-order chi connectivity index (χ0) is 14.2. The van der Waals surface area contributed by atoms with Crippen LogP contribution in [0.1, 0.15) is 78.6 Å². The fraction of sp³-hybridized carbons (Fsp3) is 1.00. The van der Waals surface area contributed by atoms with Gasteiger partial charge in [0.15, 0.2) is 0 Å². The molecule has 0 saturated heterocycles. The molecule has 0 aliphatic heterocycles. The third-order valence-corrected chi connectivity index (χ3v) is 7.42. The van der Waals surface area contributed by atoms with E-state index in [1.54, 1.807) is 0 Å². The first-order valence-corrected chi connectivity index (χ1v) is 12.3. The molecule has 0 radical (unpaired) electrons. The van der Waals surface area contributed by atoms with Crippen LogP contribution in [0.2, 0.25) is 0 Å². The Hall–Kier alpha value is 0.763. The van der Waals surface area contributed by atoms with Gasteiger partial charge >= 0.3 is 130 Å². The predicted molar refractivity (Wildman–Crippen MR) is 82.2 cm³/mol. The van der Waals surface area contributed by atoms with Crippen molar-refractivity contribution in [3.63, 3.8) is 0 Å². The summed E-state index contributed by atoms with van der Waals surface area (Å²) < 4.78 is 17.6. The molecule has 0 amide bonds. The minimum atomic E-state index is -2.52. The first kappa shape index (κ1) is 19.8. The van der Waals surface area contributed by atoms with Crippen molar-refractivity contribution in [1.82, 2.24) is 0 Å². The molecule has 0 atom stereocenters. The van der Waals surface area contributed by atoms with Crippen LogP contribution in [0.15, 0.2) is 0 Å². The van der Waals surface area contributed by atoms with Crippen LogP contribution in [0.25, 0.3) is 0 Å². The molecule has 0 aromatic rings. The molecule has 0 N–H and O–H groups in total. The molecule has 116 valence electrons. The van der Waals surface area contributed by atoms with Crippen molar-refractivity contribution < 1.29 is 8.44 Å². The van der Waals surface area contributed by atoms with Crippen LogP contribution in [-0.2, 0) is 8.44 Å². The zero-order valence-corrected chi connectivity index (χ0v) is 16.6. The Labute approximate surface area is 129 Å². The first-order chi connectivity index (χ1) is 9.35. The maximum absolute atomic E-state index is 5.86. The van der Waals surface area contributed by atoms with Gasteiger partial charge in [-0.1, -0.05) is 0 Å². The van der Waals surface area contributed by atoms with Gasteiger partial charge in [-0.25, -0.2) is 0 Å². The Bertz CT molecular complexity index is 139. The second-order valence-corrected chi connectivity index (χ2v) is 9.59. The van der Waals surface area contributed by atoms with Crippen LogP contribution in [0.4, 0.5) is 0 Å². The number of unbranched alkanes of at least 4 members (excludes halogenated alkanes) is 6. The van der Waals surface area contributed by atoms with Crippen LogP contribution in [0, 0.1) is 0 Å². The molecule has 0 aromatic heterocycles. The first-order valence-electron chi connectivity index (χ1n) is 8.04. The second kappa shape index (κ2) is 16.8. The SMILES string of the molecule is CCCCC[O][Bi]([O]CCCCC)[O]CCCCC. The Balaban J connectivity index is 3.66. The van der Waals surface area contributed by atoms with Crippen LogP contribution < -0.4 is 0 Å². The number of hydrogen-bond acceptors (Lipinski definition) is 3. The topological polar surface area (TPSA) is 27.7 Å². The van der Waals surface area contributed by atoms with E-state index in [2.05, 4.69) is 20.8 Å². The minimum absolute atomic E-state index is 0.827. The quantitative estimate of drug-likeness (QED) is 0.259. The molecule has 0 heterocycles. The van der Waals surface area contributed by atoms with E-state index in [0.29, 0.717) is 0 Å². The summed E-state index contributed by atoms with van der Waals surface area (Å²) in [6.45, 7) is 9.11. The van der Waals surface area contributed by atoms with E-state index >= 15 is 0 Å². The Kier molecular flexibility index (Phi) is 17.5. The standard InChI is InChI=1S/3C5H11O.Bi/c3*1-2-3-4-5-6;/h3*2-5H2,1H3;/q3*-1;+3. The van der Waals surface area contributed by atoms with Crippen molar-refractivity contribution >= 4 is 23.1 Å². The van der Waals surface area contributed by atoms with Gasteiger partial charge in [0.25, 0.3) is 0 Å². The molecule has 4 heteroatoms. The van der Waals surface area contributed by atoms with Crippen LogP contribution >= 0.6 is 0 Å². The molecule has 0 saturated carbocycles. The summed E-state index contributed by atoms with van der Waals surface area (Å²) in [7, 11) is 0. The maximum atomic E-state index is 5.86. The molecule has 0 fully saturated rings. The van der Waals surface area contributed by atoms with E-state index in [-0.39, 0.29) is 0 Å². The van der Waals surface area contributed by atoms with Crippen LogP contribution in [0.3, 0.4) is 0 Å². The summed E-state index contributed by atoms with van der Waals surface area (Å²) >= 11 is -2.52. The van der Waals surface area contributed by atoms with E-state index in [1.807, 2.05) is 0 Å². The average molecular weight is 470 g/mol. The van der Waals surface area contributed by atoms with Gasteiger partial charge in [0.1, 0.15) is 0 Å². The van der Waals surface area contributed by atoms with Crippen molar-refractivity contribution in [1.29, 1.82) is 0 Å². The third-order valence-electron chi connectivity index (χ3n) is 2.83. The molecule has 0 rings (SSSR count). The van der Waals surface area contributed by atoms with Gasteiger partial charge in [-0.15, -0.1) is 0 Å². The van der Waals surface area contributed by atoms with E-state index in [4.69, 9.17) is 8.44 Å². The molecule has 0 aromatic carbocycles. The monoisotopic (exact) mass is 470 g/mol. The molecule has 0 unspecified atom stereocenters. The molecule has 0 aliphatic rings. The third kappa shape index (κ3) is 15.0. The van der Waals surface area contributed by atoms with Gasteiger partial charge in [-0.05, 0) is 0 Å². The van der Waals surface area contributed by atoms with Crippen LogP contribution in [0.5, 0.6) is 0 Å². The van der Waals surface area contributed by atoms with Crippen molar-refractivity contribution in [3.8, 4) is 0 Å². The van der Waals surface area contributed by atoms with E-state index in [9.17, 15) is 0 Å². The van der Waals surface area contributed by atoms with Gasteiger partial charge in [-0.2, -0.15) is 0 Å². The Morgan fingerprint density at radius 1 is 0.526 bits per heavy atom. The van der Waals surface area contributed by atoms with Crippen molar-refractivity contribution in [3.05, 3.63) is 0 Å².